The smallest absolute Gasteiger partial charge is 0.206 e. The number of hydrogen-bond acceptors (Lipinski definition) is 1. The molecule has 0 saturated carbocycles. The molecule has 0 aromatic heterocycles. The maximum absolute atomic E-state index is 13.7. The van der Waals surface area contributed by atoms with Crippen molar-refractivity contribution >= 4 is 20.3 Å². The van der Waals surface area contributed by atoms with Crippen molar-refractivity contribution in [3.05, 3.63) is 0 Å². The van der Waals surface area contributed by atoms with Crippen LogP contribution in [0.15, 0.2) is 0 Å². The third-order valence-electron chi connectivity index (χ3n) is 6.94. The second-order valence-corrected chi connectivity index (χ2v) is 18.7. The Morgan fingerprint density at radius 1 is 0.452 bits per heavy atom. The van der Waals surface area contributed by atoms with Crippen molar-refractivity contribution in [3.8, 4) is 0 Å². The van der Waals surface area contributed by atoms with Crippen molar-refractivity contribution in [1.29, 1.82) is 0 Å². The van der Waals surface area contributed by atoms with Gasteiger partial charge in [-0.25, -0.2) is 0 Å². The minimum Gasteiger partial charge on any atom is -1.00 e. The van der Waals surface area contributed by atoms with E-state index in [4.69, 9.17) is 0 Å². The van der Waals surface area contributed by atoms with E-state index in [0.717, 1.165) is 12.3 Å². The monoisotopic (exact) mass is 495 g/mol. The molecular formula is C27H58ClOP2+. The van der Waals surface area contributed by atoms with Crippen molar-refractivity contribution in [2.45, 2.75) is 119 Å². The SMILES string of the molecule is CCCC[P+](CCCC)(CCCC)CC(=O)C[P+](CCCC)(CCCC)CCCC.[Cl-]. The molecule has 0 unspecified atom stereocenters. The maximum atomic E-state index is 13.7. The highest BCUT2D eigenvalue weighted by atomic mass is 35.5. The first-order valence-corrected chi connectivity index (χ1v) is 18.7. The summed E-state index contributed by atoms with van der Waals surface area (Å²) in [6.07, 6.45) is 26.1. The Balaban J connectivity index is 0. The van der Waals surface area contributed by atoms with Gasteiger partial charge < -0.3 is 12.4 Å². The molecule has 0 atom stereocenters. The average Bonchev–Trinajstić information content (AvgIpc) is 2.75. The van der Waals surface area contributed by atoms with E-state index in [1.54, 1.807) is 0 Å². The second kappa shape index (κ2) is 21.4. The van der Waals surface area contributed by atoms with E-state index in [2.05, 4.69) is 41.5 Å². The van der Waals surface area contributed by atoms with Crippen molar-refractivity contribution in [2.24, 2.45) is 0 Å². The molecule has 1 nitrogen and oxygen atoms in total. The number of rotatable bonds is 22. The Kier molecular flexibility index (Phi) is 23.4. The van der Waals surface area contributed by atoms with E-state index in [0.29, 0.717) is 5.78 Å². The zero-order chi connectivity index (χ0) is 22.7. The Morgan fingerprint density at radius 3 is 0.806 bits per heavy atom. The topological polar surface area (TPSA) is 17.1 Å². The molecule has 0 saturated heterocycles. The van der Waals surface area contributed by atoms with Crippen LogP contribution in [0.1, 0.15) is 119 Å². The van der Waals surface area contributed by atoms with E-state index in [1.807, 2.05) is 0 Å². The number of unbranched alkanes of at least 4 members (excludes halogenated alkanes) is 6. The summed E-state index contributed by atoms with van der Waals surface area (Å²) >= 11 is 0. The molecule has 31 heavy (non-hydrogen) atoms. The van der Waals surface area contributed by atoms with E-state index < -0.39 is 14.5 Å². The molecular weight excluding hydrogens is 438 g/mol. The summed E-state index contributed by atoms with van der Waals surface area (Å²) in [6.45, 7) is 14.0. The maximum Gasteiger partial charge on any atom is 0.206 e. The first kappa shape index (κ1) is 34.0. The van der Waals surface area contributed by atoms with E-state index in [9.17, 15) is 4.79 Å². The van der Waals surface area contributed by atoms with Crippen molar-refractivity contribution in [2.75, 3.05) is 49.3 Å². The number of carbonyl (C=O) groups excluding carboxylic acids is 1. The van der Waals surface area contributed by atoms with Gasteiger partial charge in [-0.1, -0.05) is 80.1 Å². The molecule has 0 aromatic rings. The van der Waals surface area contributed by atoms with Gasteiger partial charge in [-0.15, -0.1) is 0 Å². The minimum absolute atomic E-state index is 0. The lowest BCUT2D eigenvalue weighted by molar-refractivity contribution is -0.114. The molecule has 0 rings (SSSR count). The fourth-order valence-corrected chi connectivity index (χ4v) is 15.0. The van der Waals surface area contributed by atoms with Crippen LogP contribution in [0.25, 0.3) is 0 Å². The largest absolute Gasteiger partial charge is 1.00 e. The van der Waals surface area contributed by atoms with Gasteiger partial charge in [0.2, 0.25) is 5.78 Å². The van der Waals surface area contributed by atoms with Crippen LogP contribution in [0.4, 0.5) is 0 Å². The van der Waals surface area contributed by atoms with Crippen LogP contribution >= 0.6 is 14.5 Å². The number of Topliss-reactive ketones (excluding diaryl/α,β-unsaturated/α-hetero) is 1. The molecule has 0 radical (unpaired) electrons. The number of hydrogen-bond donors (Lipinski definition) is 0. The quantitative estimate of drug-likeness (QED) is 0.159. The lowest BCUT2D eigenvalue weighted by Gasteiger charge is -2.30. The van der Waals surface area contributed by atoms with Crippen LogP contribution in [0.2, 0.25) is 0 Å². The Labute approximate surface area is 205 Å². The standard InChI is InChI=1S/C27H58OP2.ClH/c1-7-13-19-29(20-14-8-2,21-15-9-3)25-27(28)26-30(22-16-10-4,23-17-11-5)24-18-12-6;/h7-26H2,1-6H3;1H/q+2;/p-1. The highest BCUT2D eigenvalue weighted by Gasteiger charge is 2.43. The highest BCUT2D eigenvalue weighted by molar-refractivity contribution is 7.78. The molecule has 188 valence electrons. The lowest BCUT2D eigenvalue weighted by atomic mass is 10.4. The minimum atomic E-state index is -1.10. The van der Waals surface area contributed by atoms with E-state index >= 15 is 0 Å². The first-order chi connectivity index (χ1) is 14.5. The Bertz CT molecular complexity index is 334. The van der Waals surface area contributed by atoms with Gasteiger partial charge in [0.15, 0.2) is 0 Å². The predicted molar refractivity (Wildman–Crippen MR) is 147 cm³/mol. The third-order valence-corrected chi connectivity index (χ3v) is 16.6. The Hall–Kier alpha value is 0.820. The number of halogens is 1. The first-order valence-electron chi connectivity index (χ1n) is 13.7. The summed E-state index contributed by atoms with van der Waals surface area (Å²) in [6, 6.07) is 0. The summed E-state index contributed by atoms with van der Waals surface area (Å²) in [7, 11) is -2.19. The fraction of sp³-hybridized carbons (Fsp3) is 0.963. The van der Waals surface area contributed by atoms with Crippen LogP contribution in [-0.4, -0.2) is 55.1 Å². The fourth-order valence-electron chi connectivity index (χ4n) is 4.90. The normalized spacial score (nSPS) is 12.1. The van der Waals surface area contributed by atoms with Gasteiger partial charge in [-0.2, -0.15) is 0 Å². The Morgan fingerprint density at radius 2 is 0.645 bits per heavy atom. The van der Waals surface area contributed by atoms with Gasteiger partial charge in [0.05, 0.1) is 37.0 Å². The van der Waals surface area contributed by atoms with Crippen LogP contribution in [-0.2, 0) is 4.79 Å². The molecule has 0 aliphatic carbocycles. The molecule has 0 spiro atoms. The molecule has 0 amide bonds. The summed E-state index contributed by atoms with van der Waals surface area (Å²) in [5.41, 5.74) is 0. The van der Waals surface area contributed by atoms with Gasteiger partial charge in [0.25, 0.3) is 0 Å². The predicted octanol–water partition coefficient (Wildman–Crippen LogP) is 6.40. The van der Waals surface area contributed by atoms with E-state index in [1.165, 1.54) is 114 Å². The molecule has 0 aliphatic rings. The summed E-state index contributed by atoms with van der Waals surface area (Å²) < 4.78 is 0. The van der Waals surface area contributed by atoms with Crippen molar-refractivity contribution in [3.63, 3.8) is 0 Å². The van der Waals surface area contributed by atoms with Crippen molar-refractivity contribution in [1.82, 2.24) is 0 Å². The van der Waals surface area contributed by atoms with E-state index in [-0.39, 0.29) is 12.4 Å². The molecule has 0 fully saturated rings. The number of ketones is 1. The van der Waals surface area contributed by atoms with Crippen LogP contribution in [0.5, 0.6) is 0 Å². The van der Waals surface area contributed by atoms with Gasteiger partial charge in [-0.05, 0) is 38.5 Å². The molecule has 0 aliphatic heterocycles. The lowest BCUT2D eigenvalue weighted by Crippen LogP contribution is -3.00. The molecule has 0 heterocycles. The summed E-state index contributed by atoms with van der Waals surface area (Å²) in [5, 5.41) is 0. The summed E-state index contributed by atoms with van der Waals surface area (Å²) in [5.74, 6) is 0.697. The zero-order valence-corrected chi connectivity index (χ0v) is 24.9. The van der Waals surface area contributed by atoms with Gasteiger partial charge in [-0.3, -0.25) is 4.79 Å². The molecule has 0 N–H and O–H groups in total. The van der Waals surface area contributed by atoms with Crippen LogP contribution < -0.4 is 12.4 Å². The molecule has 0 bridgehead atoms. The molecule has 4 heteroatoms. The van der Waals surface area contributed by atoms with Crippen LogP contribution in [0.3, 0.4) is 0 Å². The van der Waals surface area contributed by atoms with Gasteiger partial charge in [0.1, 0.15) is 12.3 Å². The molecule has 0 aromatic carbocycles. The van der Waals surface area contributed by atoms with Crippen LogP contribution in [0, 0.1) is 0 Å². The van der Waals surface area contributed by atoms with Crippen molar-refractivity contribution < 1.29 is 17.2 Å². The zero-order valence-electron chi connectivity index (χ0n) is 22.3. The highest BCUT2D eigenvalue weighted by Crippen LogP contribution is 2.64. The summed E-state index contributed by atoms with van der Waals surface area (Å²) in [4.78, 5) is 13.7. The van der Waals surface area contributed by atoms with Gasteiger partial charge >= 0.3 is 0 Å². The average molecular weight is 496 g/mol. The number of carbonyl (C=O) groups is 1. The second-order valence-electron chi connectivity index (χ2n) is 10.0. The third kappa shape index (κ3) is 15.4. The van der Waals surface area contributed by atoms with Gasteiger partial charge in [0, 0.05) is 14.5 Å².